The lowest BCUT2D eigenvalue weighted by Crippen LogP contribution is -2.47. The molecule has 3 heterocycles. The number of carbonyl (C=O) groups excluding carboxylic acids is 1. The minimum atomic E-state index is -0.587. The number of hydrogen-bond donors (Lipinski definition) is 2. The molecule has 3 rings (SSSR count). The number of halogens is 1. The van der Waals surface area contributed by atoms with E-state index >= 15 is 0 Å². The standard InChI is InChI=1S/C15H21FN4O/c1-17-14-13(16)12(4-6-18-14)15(21)19-10-5-8-20-7-2-3-11(20)9-10/h4,6,10-11H,2-3,5,7-9H2,1H3,(H,17,18)(H,19,21). The molecule has 2 saturated heterocycles. The Morgan fingerprint density at radius 2 is 2.29 bits per heavy atom. The van der Waals surface area contributed by atoms with Gasteiger partial charge in [0.25, 0.3) is 5.91 Å². The Balaban J connectivity index is 1.66. The van der Waals surface area contributed by atoms with Crippen molar-refractivity contribution in [2.75, 3.05) is 25.5 Å². The number of fused-ring (bicyclic) bond motifs is 1. The molecule has 2 aliphatic heterocycles. The van der Waals surface area contributed by atoms with Gasteiger partial charge in [-0.05, 0) is 38.3 Å². The topological polar surface area (TPSA) is 57.3 Å². The molecule has 0 radical (unpaired) electrons. The number of anilines is 1. The van der Waals surface area contributed by atoms with Crippen LogP contribution in [0.5, 0.6) is 0 Å². The van der Waals surface area contributed by atoms with Crippen LogP contribution in [-0.2, 0) is 0 Å². The first-order valence-corrected chi connectivity index (χ1v) is 7.56. The number of hydrogen-bond acceptors (Lipinski definition) is 4. The Labute approximate surface area is 123 Å². The van der Waals surface area contributed by atoms with Gasteiger partial charge in [-0.1, -0.05) is 0 Å². The number of amides is 1. The molecule has 2 aliphatic rings. The van der Waals surface area contributed by atoms with Crippen molar-refractivity contribution in [3.05, 3.63) is 23.6 Å². The van der Waals surface area contributed by atoms with Crippen molar-refractivity contribution in [1.29, 1.82) is 0 Å². The van der Waals surface area contributed by atoms with Crippen LogP contribution < -0.4 is 10.6 Å². The SMILES string of the molecule is CNc1nccc(C(=O)NC2CCN3CCCC3C2)c1F. The molecule has 0 bridgehead atoms. The highest BCUT2D eigenvalue weighted by Crippen LogP contribution is 2.27. The van der Waals surface area contributed by atoms with Crippen molar-refractivity contribution in [2.24, 2.45) is 0 Å². The third-order valence-corrected chi connectivity index (χ3v) is 4.53. The largest absolute Gasteiger partial charge is 0.371 e. The molecule has 1 amide bonds. The van der Waals surface area contributed by atoms with Gasteiger partial charge in [0.05, 0.1) is 5.56 Å². The Morgan fingerprint density at radius 3 is 3.10 bits per heavy atom. The fraction of sp³-hybridized carbons (Fsp3) is 0.600. The van der Waals surface area contributed by atoms with Gasteiger partial charge < -0.3 is 15.5 Å². The number of aromatic nitrogens is 1. The zero-order chi connectivity index (χ0) is 14.8. The van der Waals surface area contributed by atoms with Crippen molar-refractivity contribution in [3.8, 4) is 0 Å². The maximum Gasteiger partial charge on any atom is 0.254 e. The van der Waals surface area contributed by atoms with E-state index < -0.39 is 5.82 Å². The Hall–Kier alpha value is -1.69. The normalized spacial score (nSPS) is 25.4. The van der Waals surface area contributed by atoms with Crippen molar-refractivity contribution >= 4 is 11.7 Å². The lowest BCUT2D eigenvalue weighted by atomic mass is 9.97. The Bertz CT molecular complexity index is 536. The van der Waals surface area contributed by atoms with E-state index in [1.54, 1.807) is 7.05 Å². The first-order valence-electron chi connectivity index (χ1n) is 7.56. The molecule has 114 valence electrons. The molecule has 2 atom stereocenters. The second-order valence-electron chi connectivity index (χ2n) is 5.80. The molecule has 2 fully saturated rings. The molecule has 2 unspecified atom stereocenters. The second-order valence-corrected chi connectivity index (χ2v) is 5.80. The number of rotatable bonds is 3. The average molecular weight is 292 g/mol. The van der Waals surface area contributed by atoms with E-state index in [4.69, 9.17) is 0 Å². The minimum Gasteiger partial charge on any atom is -0.371 e. The quantitative estimate of drug-likeness (QED) is 0.889. The smallest absolute Gasteiger partial charge is 0.254 e. The van der Waals surface area contributed by atoms with Crippen LogP contribution >= 0.6 is 0 Å². The van der Waals surface area contributed by atoms with E-state index in [0.29, 0.717) is 6.04 Å². The zero-order valence-electron chi connectivity index (χ0n) is 12.2. The van der Waals surface area contributed by atoms with Crippen LogP contribution in [0.2, 0.25) is 0 Å². The van der Waals surface area contributed by atoms with E-state index in [-0.39, 0.29) is 23.3 Å². The van der Waals surface area contributed by atoms with Crippen molar-refractivity contribution in [1.82, 2.24) is 15.2 Å². The van der Waals surface area contributed by atoms with Gasteiger partial charge in [-0.25, -0.2) is 9.37 Å². The van der Waals surface area contributed by atoms with E-state index in [9.17, 15) is 9.18 Å². The molecule has 1 aromatic heterocycles. The van der Waals surface area contributed by atoms with Crippen molar-refractivity contribution in [2.45, 2.75) is 37.8 Å². The molecular weight excluding hydrogens is 271 g/mol. The summed E-state index contributed by atoms with van der Waals surface area (Å²) < 4.78 is 14.1. The first-order chi connectivity index (χ1) is 10.2. The zero-order valence-corrected chi connectivity index (χ0v) is 12.2. The summed E-state index contributed by atoms with van der Waals surface area (Å²) in [6.45, 7) is 2.20. The van der Waals surface area contributed by atoms with Crippen LogP contribution in [0.1, 0.15) is 36.0 Å². The lowest BCUT2D eigenvalue weighted by molar-refractivity contribution is 0.0892. The third-order valence-electron chi connectivity index (χ3n) is 4.53. The van der Waals surface area contributed by atoms with Crippen molar-refractivity contribution in [3.63, 3.8) is 0 Å². The number of nitrogens with one attached hydrogen (secondary N) is 2. The predicted molar refractivity (Wildman–Crippen MR) is 78.8 cm³/mol. The predicted octanol–water partition coefficient (Wildman–Crippen LogP) is 1.62. The number of pyridine rings is 1. The summed E-state index contributed by atoms with van der Waals surface area (Å²) in [6.07, 6.45) is 5.81. The van der Waals surface area contributed by atoms with E-state index in [1.807, 2.05) is 0 Å². The van der Waals surface area contributed by atoms with Gasteiger partial charge in [0, 0.05) is 31.9 Å². The van der Waals surface area contributed by atoms with E-state index in [0.717, 1.165) is 19.4 Å². The average Bonchev–Trinajstić information content (AvgIpc) is 2.95. The van der Waals surface area contributed by atoms with Gasteiger partial charge in [-0.15, -0.1) is 0 Å². The lowest BCUT2D eigenvalue weighted by Gasteiger charge is -2.35. The van der Waals surface area contributed by atoms with Crippen LogP contribution in [0.3, 0.4) is 0 Å². The Morgan fingerprint density at radius 1 is 1.43 bits per heavy atom. The monoisotopic (exact) mass is 292 g/mol. The van der Waals surface area contributed by atoms with Gasteiger partial charge in [0.15, 0.2) is 11.6 Å². The summed E-state index contributed by atoms with van der Waals surface area (Å²) >= 11 is 0. The third kappa shape index (κ3) is 2.85. The fourth-order valence-electron chi connectivity index (χ4n) is 3.41. The van der Waals surface area contributed by atoms with E-state index in [2.05, 4.69) is 20.5 Å². The minimum absolute atomic E-state index is 0.0585. The number of nitrogens with zero attached hydrogens (tertiary/aromatic N) is 2. The molecule has 21 heavy (non-hydrogen) atoms. The highest BCUT2D eigenvalue weighted by atomic mass is 19.1. The van der Waals surface area contributed by atoms with Gasteiger partial charge >= 0.3 is 0 Å². The maximum absolute atomic E-state index is 14.1. The Kier molecular flexibility index (Phi) is 4.05. The van der Waals surface area contributed by atoms with Gasteiger partial charge in [-0.2, -0.15) is 0 Å². The van der Waals surface area contributed by atoms with E-state index in [1.165, 1.54) is 31.6 Å². The van der Waals surface area contributed by atoms with Gasteiger partial charge in [0.2, 0.25) is 0 Å². The molecule has 0 saturated carbocycles. The fourth-order valence-corrected chi connectivity index (χ4v) is 3.41. The molecule has 2 N–H and O–H groups in total. The van der Waals surface area contributed by atoms with Crippen LogP contribution in [0.4, 0.5) is 10.2 Å². The van der Waals surface area contributed by atoms with Crippen LogP contribution in [0, 0.1) is 5.82 Å². The number of piperidine rings is 1. The summed E-state index contributed by atoms with van der Waals surface area (Å²) in [6, 6.07) is 2.15. The highest BCUT2D eigenvalue weighted by molar-refractivity contribution is 5.95. The molecule has 0 aliphatic carbocycles. The summed E-state index contributed by atoms with van der Waals surface area (Å²) in [4.78, 5) is 18.6. The summed E-state index contributed by atoms with van der Waals surface area (Å²) in [7, 11) is 1.59. The molecule has 1 aromatic rings. The first kappa shape index (κ1) is 14.3. The molecule has 6 heteroatoms. The van der Waals surface area contributed by atoms with Gasteiger partial charge in [0.1, 0.15) is 0 Å². The van der Waals surface area contributed by atoms with Gasteiger partial charge in [-0.3, -0.25) is 4.79 Å². The summed E-state index contributed by atoms with van der Waals surface area (Å²) in [5, 5.41) is 5.63. The molecule has 0 spiro atoms. The molecule has 5 nitrogen and oxygen atoms in total. The number of carbonyl (C=O) groups is 1. The highest BCUT2D eigenvalue weighted by Gasteiger charge is 2.32. The molecule has 0 aromatic carbocycles. The van der Waals surface area contributed by atoms with Crippen LogP contribution in [0.15, 0.2) is 12.3 Å². The summed E-state index contributed by atoms with van der Waals surface area (Å²) in [5.74, 6) is -0.827. The van der Waals surface area contributed by atoms with Crippen LogP contribution in [-0.4, -0.2) is 48.0 Å². The molecular formula is C15H21FN4O. The maximum atomic E-state index is 14.1. The van der Waals surface area contributed by atoms with Crippen LogP contribution in [0.25, 0.3) is 0 Å². The second kappa shape index (κ2) is 5.97. The summed E-state index contributed by atoms with van der Waals surface area (Å²) in [5.41, 5.74) is 0.0585. The van der Waals surface area contributed by atoms with Crippen molar-refractivity contribution < 1.29 is 9.18 Å².